The number of aromatic nitrogens is 1. The highest BCUT2D eigenvalue weighted by molar-refractivity contribution is 5.85. The van der Waals surface area contributed by atoms with Crippen LogP contribution in [0.25, 0.3) is 22.0 Å². The maximum Gasteiger partial charge on any atom is 0.0610 e. The van der Waals surface area contributed by atoms with Gasteiger partial charge in [0.2, 0.25) is 0 Å². The minimum Gasteiger partial charge on any atom is -0.395 e. The maximum absolute atomic E-state index is 9.04. The average Bonchev–Trinajstić information content (AvgIpc) is 2.82. The molecule has 0 aliphatic heterocycles. The van der Waals surface area contributed by atoms with Crippen LogP contribution in [-0.2, 0) is 6.54 Å². The predicted octanol–water partition coefficient (Wildman–Crippen LogP) is 3.61. The molecule has 1 heterocycles. The third-order valence-electron chi connectivity index (χ3n) is 3.46. The van der Waals surface area contributed by atoms with Gasteiger partial charge in [-0.25, -0.2) is 0 Å². The topological polar surface area (TPSA) is 25.2 Å². The van der Waals surface area contributed by atoms with Gasteiger partial charge in [0.15, 0.2) is 0 Å². The molecule has 0 spiro atoms. The Kier molecular flexibility index (Phi) is 3.10. The lowest BCUT2D eigenvalue weighted by Crippen LogP contribution is -1.99. The van der Waals surface area contributed by atoms with E-state index in [1.807, 2.05) is 6.20 Å². The van der Waals surface area contributed by atoms with E-state index < -0.39 is 0 Å². The number of aliphatic hydroxyl groups excluding tert-OH is 1. The smallest absolute Gasteiger partial charge is 0.0610 e. The first-order valence-corrected chi connectivity index (χ1v) is 6.55. The molecule has 2 aromatic carbocycles. The summed E-state index contributed by atoms with van der Waals surface area (Å²) in [6.07, 6.45) is 2.03. The predicted molar refractivity (Wildman–Crippen MR) is 79.2 cm³/mol. The van der Waals surface area contributed by atoms with Gasteiger partial charge in [-0.15, -0.1) is 0 Å². The van der Waals surface area contributed by atoms with Gasteiger partial charge in [-0.05, 0) is 36.2 Å². The van der Waals surface area contributed by atoms with Gasteiger partial charge in [0.25, 0.3) is 0 Å². The molecular formula is C17H17NO. The first-order chi connectivity index (χ1) is 9.28. The number of aryl methyl sites for hydroxylation is 1. The zero-order valence-corrected chi connectivity index (χ0v) is 11.0. The Balaban J connectivity index is 2.07. The van der Waals surface area contributed by atoms with E-state index in [4.69, 9.17) is 5.11 Å². The van der Waals surface area contributed by atoms with Crippen molar-refractivity contribution in [2.75, 3.05) is 6.61 Å². The normalized spacial score (nSPS) is 11.1. The van der Waals surface area contributed by atoms with Crippen molar-refractivity contribution in [3.8, 4) is 11.1 Å². The standard InChI is InChI=1S/C17H17NO/c1-13-3-2-4-14(11-13)15-5-6-17-16(12-15)7-8-18(17)9-10-19/h2-8,11-12,19H,9-10H2,1H3. The van der Waals surface area contributed by atoms with E-state index in [0.717, 1.165) is 0 Å². The summed E-state index contributed by atoms with van der Waals surface area (Å²) in [4.78, 5) is 0. The Hall–Kier alpha value is -2.06. The Morgan fingerprint density at radius 2 is 1.84 bits per heavy atom. The molecule has 0 saturated heterocycles. The van der Waals surface area contributed by atoms with Crippen molar-refractivity contribution in [3.05, 3.63) is 60.3 Å². The number of fused-ring (bicyclic) bond motifs is 1. The van der Waals surface area contributed by atoms with E-state index in [0.29, 0.717) is 6.54 Å². The lowest BCUT2D eigenvalue weighted by molar-refractivity contribution is 0.278. The third kappa shape index (κ3) is 2.27. The summed E-state index contributed by atoms with van der Waals surface area (Å²) in [6, 6.07) is 17.1. The van der Waals surface area contributed by atoms with Crippen LogP contribution in [-0.4, -0.2) is 16.3 Å². The van der Waals surface area contributed by atoms with Gasteiger partial charge >= 0.3 is 0 Å². The van der Waals surface area contributed by atoms with Crippen LogP contribution < -0.4 is 0 Å². The molecule has 3 aromatic rings. The van der Waals surface area contributed by atoms with Crippen molar-refractivity contribution < 1.29 is 5.11 Å². The third-order valence-corrected chi connectivity index (χ3v) is 3.46. The fourth-order valence-corrected chi connectivity index (χ4v) is 2.51. The van der Waals surface area contributed by atoms with Gasteiger partial charge in [-0.3, -0.25) is 0 Å². The molecule has 1 aromatic heterocycles. The molecule has 0 aliphatic carbocycles. The molecule has 0 atom stereocenters. The highest BCUT2D eigenvalue weighted by Crippen LogP contribution is 2.25. The summed E-state index contributed by atoms with van der Waals surface area (Å²) in [5.74, 6) is 0. The number of nitrogens with zero attached hydrogens (tertiary/aromatic N) is 1. The van der Waals surface area contributed by atoms with Gasteiger partial charge < -0.3 is 9.67 Å². The van der Waals surface area contributed by atoms with Crippen LogP contribution in [0.4, 0.5) is 0 Å². The zero-order valence-electron chi connectivity index (χ0n) is 11.0. The quantitative estimate of drug-likeness (QED) is 0.755. The van der Waals surface area contributed by atoms with E-state index >= 15 is 0 Å². The van der Waals surface area contributed by atoms with Crippen molar-refractivity contribution in [2.45, 2.75) is 13.5 Å². The van der Waals surface area contributed by atoms with Crippen LogP contribution in [0.15, 0.2) is 54.7 Å². The molecule has 2 nitrogen and oxygen atoms in total. The van der Waals surface area contributed by atoms with Crippen molar-refractivity contribution >= 4 is 10.9 Å². The minimum atomic E-state index is 0.170. The first-order valence-electron chi connectivity index (χ1n) is 6.55. The molecule has 96 valence electrons. The molecule has 0 fully saturated rings. The van der Waals surface area contributed by atoms with Crippen molar-refractivity contribution in [1.29, 1.82) is 0 Å². The number of aliphatic hydroxyl groups is 1. The number of benzene rings is 2. The highest BCUT2D eigenvalue weighted by atomic mass is 16.3. The first kappa shape index (κ1) is 12.0. The van der Waals surface area contributed by atoms with Crippen LogP contribution in [0, 0.1) is 6.92 Å². The molecule has 2 heteroatoms. The van der Waals surface area contributed by atoms with Gasteiger partial charge in [0.1, 0.15) is 0 Å². The summed E-state index contributed by atoms with van der Waals surface area (Å²) < 4.78 is 2.08. The second-order valence-corrected chi connectivity index (χ2v) is 4.88. The van der Waals surface area contributed by atoms with Gasteiger partial charge in [0.05, 0.1) is 6.61 Å². The molecule has 19 heavy (non-hydrogen) atoms. The zero-order chi connectivity index (χ0) is 13.2. The molecule has 1 N–H and O–H groups in total. The molecular weight excluding hydrogens is 234 g/mol. The lowest BCUT2D eigenvalue weighted by atomic mass is 10.0. The number of hydrogen-bond acceptors (Lipinski definition) is 1. The lowest BCUT2D eigenvalue weighted by Gasteiger charge is -2.05. The maximum atomic E-state index is 9.04. The average molecular weight is 251 g/mol. The Bertz CT molecular complexity index is 712. The molecule has 3 rings (SSSR count). The van der Waals surface area contributed by atoms with E-state index in [-0.39, 0.29) is 6.61 Å². The summed E-state index contributed by atoms with van der Waals surface area (Å²) in [7, 11) is 0. The van der Waals surface area contributed by atoms with E-state index in [2.05, 4.69) is 60.0 Å². The fourth-order valence-electron chi connectivity index (χ4n) is 2.51. The Morgan fingerprint density at radius 3 is 2.63 bits per heavy atom. The van der Waals surface area contributed by atoms with Gasteiger partial charge in [0, 0.05) is 23.6 Å². The molecule has 0 amide bonds. The largest absolute Gasteiger partial charge is 0.395 e. The summed E-state index contributed by atoms with van der Waals surface area (Å²) in [5, 5.41) is 10.3. The van der Waals surface area contributed by atoms with E-state index in [1.54, 1.807) is 0 Å². The van der Waals surface area contributed by atoms with E-state index in [1.165, 1.54) is 27.6 Å². The number of hydrogen-bond donors (Lipinski definition) is 1. The monoisotopic (exact) mass is 251 g/mol. The SMILES string of the molecule is Cc1cccc(-c2ccc3c(ccn3CCO)c2)c1. The van der Waals surface area contributed by atoms with Crippen LogP contribution in [0.3, 0.4) is 0 Å². The van der Waals surface area contributed by atoms with Crippen molar-refractivity contribution in [3.63, 3.8) is 0 Å². The summed E-state index contributed by atoms with van der Waals surface area (Å²) >= 11 is 0. The van der Waals surface area contributed by atoms with Crippen molar-refractivity contribution in [1.82, 2.24) is 4.57 Å². The fraction of sp³-hybridized carbons (Fsp3) is 0.176. The summed E-state index contributed by atoms with van der Waals surface area (Å²) in [6.45, 7) is 2.93. The van der Waals surface area contributed by atoms with Gasteiger partial charge in [-0.1, -0.05) is 35.9 Å². The Morgan fingerprint density at radius 1 is 1.00 bits per heavy atom. The summed E-state index contributed by atoms with van der Waals surface area (Å²) in [5.41, 5.74) is 4.93. The van der Waals surface area contributed by atoms with Gasteiger partial charge in [-0.2, -0.15) is 0 Å². The van der Waals surface area contributed by atoms with Crippen LogP contribution in [0.2, 0.25) is 0 Å². The molecule has 0 aliphatic rings. The van der Waals surface area contributed by atoms with Crippen molar-refractivity contribution in [2.24, 2.45) is 0 Å². The minimum absolute atomic E-state index is 0.170. The second kappa shape index (κ2) is 4.90. The van der Waals surface area contributed by atoms with Crippen LogP contribution >= 0.6 is 0 Å². The molecule has 0 radical (unpaired) electrons. The number of rotatable bonds is 3. The highest BCUT2D eigenvalue weighted by Gasteiger charge is 2.03. The van der Waals surface area contributed by atoms with Crippen LogP contribution in [0.1, 0.15) is 5.56 Å². The molecule has 0 unspecified atom stereocenters. The Labute approximate surface area is 112 Å². The van der Waals surface area contributed by atoms with Crippen LogP contribution in [0.5, 0.6) is 0 Å². The molecule has 0 bridgehead atoms. The second-order valence-electron chi connectivity index (χ2n) is 4.88. The molecule has 0 saturated carbocycles. The van der Waals surface area contributed by atoms with E-state index in [9.17, 15) is 0 Å².